The van der Waals surface area contributed by atoms with E-state index >= 15 is 0 Å². The van der Waals surface area contributed by atoms with Gasteiger partial charge in [-0.3, -0.25) is 14.4 Å². The molecule has 1 amide bonds. The number of aromatic nitrogens is 4. The number of pyridine rings is 4. The predicted octanol–water partition coefficient (Wildman–Crippen LogP) is 5.52. The molecule has 0 unspecified atom stereocenters. The molecule has 10 nitrogen and oxygen atoms in total. The Kier molecular flexibility index (Phi) is 17.8. The molecule has 0 aliphatic carbocycles. The Hall–Kier alpha value is -4.29. The van der Waals surface area contributed by atoms with Crippen LogP contribution in [0, 0.1) is 7.43 Å². The molecule has 0 N–H and O–H groups in total. The molecule has 54 heavy (non-hydrogen) atoms. The summed E-state index contributed by atoms with van der Waals surface area (Å²) in [6.45, 7) is 0.951. The van der Waals surface area contributed by atoms with E-state index in [0.29, 0.717) is 29.6 Å². The van der Waals surface area contributed by atoms with Gasteiger partial charge in [-0.1, -0.05) is 0 Å². The van der Waals surface area contributed by atoms with E-state index in [-0.39, 0.29) is 59.0 Å². The van der Waals surface area contributed by atoms with Crippen molar-refractivity contribution < 1.29 is 93.6 Å². The van der Waals surface area contributed by atoms with E-state index in [0.717, 1.165) is 57.5 Å². The molecule has 0 fully saturated rings. The van der Waals surface area contributed by atoms with Crippen molar-refractivity contribution in [3.63, 3.8) is 0 Å². The second-order valence-corrected chi connectivity index (χ2v) is 9.59. The molecule has 24 heteroatoms. The molecular formula is C30H22BrF12MgN5O5. The first-order valence-electron chi connectivity index (χ1n) is 13.3. The smallest absolute Gasteiger partial charge is 1.00 e. The summed E-state index contributed by atoms with van der Waals surface area (Å²) in [4.78, 5) is 40.4. The number of ether oxygens (including phenoxy) is 2. The number of alkyl halides is 12. The van der Waals surface area contributed by atoms with Gasteiger partial charge in [-0.05, 0) is 43.3 Å². The molecule has 4 heterocycles. The van der Waals surface area contributed by atoms with E-state index in [1.807, 2.05) is 0 Å². The van der Waals surface area contributed by atoms with E-state index in [1.165, 1.54) is 0 Å². The van der Waals surface area contributed by atoms with Crippen LogP contribution in [0.2, 0.25) is 0 Å². The van der Waals surface area contributed by atoms with Crippen molar-refractivity contribution in [2.24, 2.45) is 0 Å². The van der Waals surface area contributed by atoms with Gasteiger partial charge in [0, 0.05) is 24.7 Å². The molecule has 0 aromatic carbocycles. The van der Waals surface area contributed by atoms with E-state index in [4.69, 9.17) is 9.47 Å². The van der Waals surface area contributed by atoms with Gasteiger partial charge in [0.15, 0.2) is 17.2 Å². The number of carbonyl (C=O) groups excluding carboxylic acids is 2. The first-order valence-corrected chi connectivity index (χ1v) is 13.3. The zero-order valence-corrected chi connectivity index (χ0v) is 30.7. The van der Waals surface area contributed by atoms with Crippen LogP contribution in [0.4, 0.5) is 52.7 Å². The van der Waals surface area contributed by atoms with E-state index in [9.17, 15) is 62.3 Å². The number of carbonyl (C=O) groups is 2. The number of rotatable bonds is 7. The molecule has 0 radical (unpaired) electrons. The Bertz CT molecular complexity index is 1860. The van der Waals surface area contributed by atoms with Crippen molar-refractivity contribution >= 4 is 34.7 Å². The molecule has 4 aromatic heterocycles. The van der Waals surface area contributed by atoms with Gasteiger partial charge in [-0.15, -0.1) is 0 Å². The number of ketones is 1. The summed E-state index contributed by atoms with van der Waals surface area (Å²) in [5.74, 6) is -3.55. The Morgan fingerprint density at radius 1 is 0.611 bits per heavy atom. The number of hydroxylamine groups is 2. The van der Waals surface area contributed by atoms with Crippen molar-refractivity contribution in [3.8, 4) is 23.3 Å². The average molecular weight is 865 g/mol. The van der Waals surface area contributed by atoms with Crippen LogP contribution in [0.15, 0.2) is 60.9 Å². The molecule has 0 aliphatic heterocycles. The molecule has 0 atom stereocenters. The third-order valence-electron chi connectivity index (χ3n) is 5.94. The molecule has 0 saturated heterocycles. The van der Waals surface area contributed by atoms with Crippen LogP contribution in [-0.4, -0.2) is 73.9 Å². The maximum absolute atomic E-state index is 13.2. The summed E-state index contributed by atoms with van der Waals surface area (Å²) in [6, 6.07) is 6.65. The summed E-state index contributed by atoms with van der Waals surface area (Å²) in [5, 5.41) is 0.576. The minimum absolute atomic E-state index is 0. The Labute approximate surface area is 323 Å². The summed E-state index contributed by atoms with van der Waals surface area (Å²) in [7, 11) is 2.20. The Morgan fingerprint density at radius 3 is 1.28 bits per heavy atom. The van der Waals surface area contributed by atoms with Gasteiger partial charge in [0.2, 0.25) is 11.8 Å². The molecule has 0 spiro atoms. The summed E-state index contributed by atoms with van der Waals surface area (Å²) in [5.41, 5.74) is -6.76. The first-order chi connectivity index (χ1) is 23.4. The number of halogens is 13. The van der Waals surface area contributed by atoms with Crippen LogP contribution in [0.25, 0.3) is 0 Å². The summed E-state index contributed by atoms with van der Waals surface area (Å²) < 4.78 is 163. The van der Waals surface area contributed by atoms with Crippen LogP contribution in [0.3, 0.4) is 0 Å². The second kappa shape index (κ2) is 19.3. The third kappa shape index (κ3) is 13.5. The van der Waals surface area contributed by atoms with E-state index in [2.05, 4.69) is 24.8 Å². The zero-order valence-electron chi connectivity index (χ0n) is 27.7. The molecule has 4 rings (SSSR count). The van der Waals surface area contributed by atoms with Crippen molar-refractivity contribution in [1.29, 1.82) is 0 Å². The van der Waals surface area contributed by atoms with Gasteiger partial charge >= 0.3 is 47.8 Å². The van der Waals surface area contributed by atoms with Crippen LogP contribution in [0.5, 0.6) is 23.3 Å². The SMILES string of the molecule is CC(=O)c1ccc(Oc2ccc(C(F)(F)F)nc2)nc1C(F)(F)F.CON(C)C(=O)c1ccc(Oc2ccc(C(F)(F)F)nc2)nc1C(F)(F)F.[Br-].[CH3-].[Mg+2]. The average Bonchev–Trinajstić information content (AvgIpc) is 3.03. The predicted molar refractivity (Wildman–Crippen MR) is 158 cm³/mol. The van der Waals surface area contributed by atoms with Crippen LogP contribution in [0.1, 0.15) is 50.4 Å². The number of hydrogen-bond acceptors (Lipinski definition) is 9. The van der Waals surface area contributed by atoms with Gasteiger partial charge in [0.1, 0.15) is 22.9 Å². The molecule has 290 valence electrons. The molecule has 4 aromatic rings. The summed E-state index contributed by atoms with van der Waals surface area (Å²) in [6.07, 6.45) is -17.8. The van der Waals surface area contributed by atoms with Gasteiger partial charge < -0.3 is 33.9 Å². The van der Waals surface area contributed by atoms with Crippen LogP contribution < -0.4 is 26.5 Å². The quantitative estimate of drug-likeness (QED) is 0.0779. The molecule has 0 aliphatic rings. The topological polar surface area (TPSA) is 117 Å². The minimum Gasteiger partial charge on any atom is -1.00 e. The monoisotopic (exact) mass is 863 g/mol. The third-order valence-corrected chi connectivity index (χ3v) is 5.94. The van der Waals surface area contributed by atoms with E-state index in [1.54, 1.807) is 0 Å². The van der Waals surface area contributed by atoms with Crippen molar-refractivity contribution in [3.05, 3.63) is 102 Å². The van der Waals surface area contributed by atoms with Gasteiger partial charge in [-0.25, -0.2) is 25.0 Å². The maximum Gasteiger partial charge on any atom is 2.00 e. The van der Waals surface area contributed by atoms with Crippen molar-refractivity contribution in [2.75, 3.05) is 14.2 Å². The number of amides is 1. The normalized spacial score (nSPS) is 11.4. The standard InChI is InChI=1S/C15H11F6N3O3.C14H8F6N2O2.CH3.BrH.Mg/c1-24(26-2)13(25)9-4-6-11(23-12(9)15(19,20)21)27-8-3-5-10(22-7-8)14(16,17)18;1-7(23)9-3-5-11(22-12(9)14(18,19)20)24-8-2-4-10(21-6-8)13(15,16)17;;;/h3-7H,1-2H3;2-6H,1H3;1H3;1H;/q;;-1;;+2/p-1. The largest absolute Gasteiger partial charge is 2.00 e. The first kappa shape index (κ1) is 49.7. The number of Topliss-reactive ketones (excluding diaryl/α,β-unsaturated/α-hetero) is 1. The van der Waals surface area contributed by atoms with Crippen molar-refractivity contribution in [2.45, 2.75) is 31.6 Å². The molecule has 0 bridgehead atoms. The number of hydrogen-bond donors (Lipinski definition) is 0. The fourth-order valence-corrected chi connectivity index (χ4v) is 3.60. The number of nitrogens with zero attached hydrogens (tertiary/aromatic N) is 5. The fourth-order valence-electron chi connectivity index (χ4n) is 3.60. The van der Waals surface area contributed by atoms with Crippen LogP contribution >= 0.6 is 0 Å². The zero-order chi connectivity index (χ0) is 38.5. The van der Waals surface area contributed by atoms with Gasteiger partial charge in [-0.2, -0.15) is 52.7 Å². The van der Waals surface area contributed by atoms with Gasteiger partial charge in [0.05, 0.1) is 25.1 Å². The van der Waals surface area contributed by atoms with E-state index < -0.39 is 82.1 Å². The Morgan fingerprint density at radius 2 is 0.981 bits per heavy atom. The van der Waals surface area contributed by atoms with Crippen LogP contribution in [-0.2, 0) is 29.5 Å². The minimum atomic E-state index is -4.99. The summed E-state index contributed by atoms with van der Waals surface area (Å²) >= 11 is 0. The molecular weight excluding hydrogens is 843 g/mol. The maximum atomic E-state index is 13.2. The van der Waals surface area contributed by atoms with Gasteiger partial charge in [0.25, 0.3) is 5.91 Å². The molecule has 0 saturated carbocycles. The van der Waals surface area contributed by atoms with Crippen molar-refractivity contribution in [1.82, 2.24) is 25.0 Å². The second-order valence-electron chi connectivity index (χ2n) is 9.59. The Balaban J connectivity index is 0.000000991. The fraction of sp³-hybridized carbons (Fsp3) is 0.233.